The Hall–Kier alpha value is -0.870. The molecule has 60 valence electrons. The molecule has 0 atom stereocenters. The highest BCUT2D eigenvalue weighted by Gasteiger charge is 1.94. The molecule has 0 bridgehead atoms. The van der Waals surface area contributed by atoms with Crippen LogP contribution in [0.3, 0.4) is 0 Å². The van der Waals surface area contributed by atoms with Crippen molar-refractivity contribution in [1.82, 2.24) is 5.48 Å². The lowest BCUT2D eigenvalue weighted by Gasteiger charge is -1.90. The third-order valence-corrected chi connectivity index (χ3v) is 0.489. The number of hydrogen-bond acceptors (Lipinski definition) is 3. The molecule has 3 N–H and O–H groups in total. The van der Waals surface area contributed by atoms with Gasteiger partial charge in [-0.1, -0.05) is 6.58 Å². The van der Waals surface area contributed by atoms with Crippen LogP contribution >= 0.6 is 0 Å². The first-order valence-corrected chi connectivity index (χ1v) is 2.80. The molecule has 0 unspecified atom stereocenters. The number of amides is 1. The Bertz CT molecular complexity index is 112. The van der Waals surface area contributed by atoms with Crippen molar-refractivity contribution in [3.05, 3.63) is 12.2 Å². The zero-order valence-corrected chi connectivity index (χ0v) is 6.22. The second-order valence-electron chi connectivity index (χ2n) is 1.54. The zero-order chi connectivity index (χ0) is 8.57. The summed E-state index contributed by atoms with van der Waals surface area (Å²) in [6.07, 6.45) is 0. The Balaban J connectivity index is 0. The van der Waals surface area contributed by atoms with Gasteiger partial charge in [-0.15, -0.1) is 0 Å². The Morgan fingerprint density at radius 1 is 1.70 bits per heavy atom. The van der Waals surface area contributed by atoms with E-state index in [1.807, 2.05) is 0 Å². The predicted octanol–water partition coefficient (Wildman–Crippen LogP) is 0.0665. The van der Waals surface area contributed by atoms with Crippen LogP contribution in [0, 0.1) is 0 Å². The number of hydrogen-bond donors (Lipinski definition) is 3. The lowest BCUT2D eigenvalue weighted by Crippen LogP contribution is -2.18. The Labute approximate surface area is 60.1 Å². The minimum absolute atomic E-state index is 0.250. The van der Waals surface area contributed by atoms with Crippen LogP contribution in [0.1, 0.15) is 13.8 Å². The molecule has 0 radical (unpaired) electrons. The van der Waals surface area contributed by atoms with Crippen molar-refractivity contribution < 1.29 is 15.1 Å². The van der Waals surface area contributed by atoms with Crippen LogP contribution in [0.15, 0.2) is 12.2 Å². The number of rotatable bonds is 1. The summed E-state index contributed by atoms with van der Waals surface area (Å²) in [7, 11) is 0. The molecule has 1 amide bonds. The second-order valence-corrected chi connectivity index (χ2v) is 1.54. The van der Waals surface area contributed by atoms with Crippen molar-refractivity contribution in [3.63, 3.8) is 0 Å². The quantitative estimate of drug-likeness (QED) is 0.279. The van der Waals surface area contributed by atoms with E-state index in [-0.39, 0.29) is 6.61 Å². The third kappa shape index (κ3) is 10.2. The standard InChI is InChI=1S/C4H7NO2.C2H6O/c1-3(2)4(6)5-7;1-2-3/h7H,1H2,2H3,(H,5,6);3H,2H2,1H3. The molecule has 0 saturated heterocycles. The van der Waals surface area contributed by atoms with Gasteiger partial charge < -0.3 is 5.11 Å². The highest BCUT2D eigenvalue weighted by Crippen LogP contribution is 1.81. The maximum absolute atomic E-state index is 10.1. The maximum atomic E-state index is 10.1. The van der Waals surface area contributed by atoms with Crippen molar-refractivity contribution >= 4 is 5.91 Å². The number of nitrogens with one attached hydrogen (secondary N) is 1. The average molecular weight is 147 g/mol. The summed E-state index contributed by atoms with van der Waals surface area (Å²) in [4.78, 5) is 10.1. The van der Waals surface area contributed by atoms with Crippen molar-refractivity contribution in [1.29, 1.82) is 0 Å². The normalized spacial score (nSPS) is 7.20. The monoisotopic (exact) mass is 147 g/mol. The van der Waals surface area contributed by atoms with E-state index in [0.29, 0.717) is 5.57 Å². The SMILES string of the molecule is C=C(C)C(=O)NO.CCO. The first kappa shape index (κ1) is 11.9. The highest BCUT2D eigenvalue weighted by atomic mass is 16.5. The van der Waals surface area contributed by atoms with E-state index in [2.05, 4.69) is 6.58 Å². The van der Waals surface area contributed by atoms with Gasteiger partial charge in [0.2, 0.25) is 0 Å². The Morgan fingerprint density at radius 3 is 2.00 bits per heavy atom. The maximum Gasteiger partial charge on any atom is 0.269 e. The van der Waals surface area contributed by atoms with E-state index in [9.17, 15) is 4.79 Å². The number of hydroxylamine groups is 1. The van der Waals surface area contributed by atoms with Gasteiger partial charge in [0.05, 0.1) is 0 Å². The number of aliphatic hydroxyl groups excluding tert-OH is 1. The Morgan fingerprint density at radius 2 is 2.00 bits per heavy atom. The first-order valence-electron chi connectivity index (χ1n) is 2.80. The molecule has 4 nitrogen and oxygen atoms in total. The molecular formula is C6H13NO3. The van der Waals surface area contributed by atoms with Crippen molar-refractivity contribution in [2.75, 3.05) is 6.61 Å². The molecule has 0 aromatic carbocycles. The molecule has 4 heteroatoms. The van der Waals surface area contributed by atoms with Crippen LogP contribution in [0.5, 0.6) is 0 Å². The van der Waals surface area contributed by atoms with Gasteiger partial charge >= 0.3 is 0 Å². The average Bonchev–Trinajstić information content (AvgIpc) is 1.88. The largest absolute Gasteiger partial charge is 0.397 e. The van der Waals surface area contributed by atoms with Gasteiger partial charge in [-0.25, -0.2) is 5.48 Å². The molecule has 0 fully saturated rings. The van der Waals surface area contributed by atoms with Crippen LogP contribution in [0.4, 0.5) is 0 Å². The van der Waals surface area contributed by atoms with Gasteiger partial charge in [-0.05, 0) is 13.8 Å². The molecule has 0 aromatic rings. The second kappa shape index (κ2) is 8.13. The van der Waals surface area contributed by atoms with Gasteiger partial charge in [-0.2, -0.15) is 0 Å². The minimum atomic E-state index is -0.542. The topological polar surface area (TPSA) is 69.6 Å². The van der Waals surface area contributed by atoms with Crippen LogP contribution in [0.25, 0.3) is 0 Å². The van der Waals surface area contributed by atoms with E-state index in [1.165, 1.54) is 12.4 Å². The van der Waals surface area contributed by atoms with E-state index in [1.54, 1.807) is 6.92 Å². The molecule has 0 aliphatic rings. The van der Waals surface area contributed by atoms with Crippen molar-refractivity contribution in [3.8, 4) is 0 Å². The summed E-state index contributed by atoms with van der Waals surface area (Å²) in [5.74, 6) is -0.542. The number of aliphatic hydroxyl groups is 1. The van der Waals surface area contributed by atoms with Crippen LogP contribution < -0.4 is 5.48 Å². The Kier molecular flexibility index (Phi) is 9.65. The van der Waals surface area contributed by atoms with E-state index >= 15 is 0 Å². The number of carbonyl (C=O) groups is 1. The van der Waals surface area contributed by atoms with Crippen LogP contribution in [0.2, 0.25) is 0 Å². The zero-order valence-electron chi connectivity index (χ0n) is 6.22. The fourth-order valence-electron chi connectivity index (χ4n) is 0.0954. The van der Waals surface area contributed by atoms with E-state index < -0.39 is 5.91 Å². The lowest BCUT2D eigenvalue weighted by molar-refractivity contribution is -0.125. The van der Waals surface area contributed by atoms with Gasteiger partial charge in [-0.3, -0.25) is 10.0 Å². The fourth-order valence-corrected chi connectivity index (χ4v) is 0.0954. The summed E-state index contributed by atoms with van der Waals surface area (Å²) >= 11 is 0. The first-order chi connectivity index (χ1) is 4.59. The van der Waals surface area contributed by atoms with Gasteiger partial charge in [0.1, 0.15) is 0 Å². The molecular weight excluding hydrogens is 134 g/mol. The van der Waals surface area contributed by atoms with Crippen molar-refractivity contribution in [2.45, 2.75) is 13.8 Å². The molecule has 0 spiro atoms. The highest BCUT2D eigenvalue weighted by molar-refractivity contribution is 5.91. The summed E-state index contributed by atoms with van der Waals surface area (Å²) in [5.41, 5.74) is 1.72. The van der Waals surface area contributed by atoms with Crippen LogP contribution in [-0.2, 0) is 4.79 Å². The minimum Gasteiger partial charge on any atom is -0.397 e. The van der Waals surface area contributed by atoms with Gasteiger partial charge in [0, 0.05) is 12.2 Å². The molecule has 0 rings (SSSR count). The lowest BCUT2D eigenvalue weighted by atomic mass is 10.3. The van der Waals surface area contributed by atoms with Crippen LogP contribution in [-0.4, -0.2) is 22.8 Å². The van der Waals surface area contributed by atoms with Crippen molar-refractivity contribution in [2.24, 2.45) is 0 Å². The molecule has 10 heavy (non-hydrogen) atoms. The fraction of sp³-hybridized carbons (Fsp3) is 0.500. The molecule has 0 heterocycles. The summed E-state index contributed by atoms with van der Waals surface area (Å²) < 4.78 is 0. The van der Waals surface area contributed by atoms with E-state index in [0.717, 1.165) is 0 Å². The molecule has 0 aromatic heterocycles. The molecule has 0 aliphatic heterocycles. The summed E-state index contributed by atoms with van der Waals surface area (Å²) in [5, 5.41) is 15.4. The smallest absolute Gasteiger partial charge is 0.269 e. The summed E-state index contributed by atoms with van der Waals surface area (Å²) in [6, 6.07) is 0. The predicted molar refractivity (Wildman–Crippen MR) is 37.5 cm³/mol. The van der Waals surface area contributed by atoms with E-state index in [4.69, 9.17) is 10.3 Å². The van der Waals surface area contributed by atoms with Gasteiger partial charge in [0.25, 0.3) is 5.91 Å². The third-order valence-electron chi connectivity index (χ3n) is 0.489. The molecule has 0 aliphatic carbocycles. The number of carbonyl (C=O) groups excluding carboxylic acids is 1. The summed E-state index contributed by atoms with van der Waals surface area (Å²) in [6.45, 7) is 6.69. The molecule has 0 saturated carbocycles. The van der Waals surface area contributed by atoms with Gasteiger partial charge in [0.15, 0.2) is 0 Å².